The van der Waals surface area contributed by atoms with Gasteiger partial charge in [0, 0.05) is 37.8 Å². The predicted molar refractivity (Wildman–Crippen MR) is 186 cm³/mol. The number of ether oxygens (including phenoxy) is 3. The van der Waals surface area contributed by atoms with Crippen molar-refractivity contribution in [3.05, 3.63) is 83.1 Å². The summed E-state index contributed by atoms with van der Waals surface area (Å²) in [6.07, 6.45) is 7.31. The molecular formula is C37H51N3O4S. The highest BCUT2D eigenvalue weighted by Gasteiger charge is 2.38. The van der Waals surface area contributed by atoms with Crippen molar-refractivity contribution in [3.63, 3.8) is 0 Å². The molecule has 2 aliphatic rings. The lowest BCUT2D eigenvalue weighted by Gasteiger charge is -2.26. The number of thiocarbonyl (C=S) groups is 1. The van der Waals surface area contributed by atoms with E-state index in [4.69, 9.17) is 26.4 Å². The molecule has 0 saturated heterocycles. The maximum Gasteiger partial charge on any atom is 0.347 e. The molecular weight excluding hydrogens is 582 g/mol. The summed E-state index contributed by atoms with van der Waals surface area (Å²) >= 11 is 5.74. The van der Waals surface area contributed by atoms with Gasteiger partial charge in [-0.1, -0.05) is 57.2 Å². The van der Waals surface area contributed by atoms with E-state index in [9.17, 15) is 4.79 Å². The fourth-order valence-electron chi connectivity index (χ4n) is 5.45. The Balaban J connectivity index is 1.19. The Morgan fingerprint density at radius 1 is 1.07 bits per heavy atom. The van der Waals surface area contributed by atoms with Crippen LogP contribution >= 0.6 is 12.2 Å². The molecule has 1 unspecified atom stereocenters. The van der Waals surface area contributed by atoms with Gasteiger partial charge in [-0.2, -0.15) is 0 Å². The van der Waals surface area contributed by atoms with Gasteiger partial charge >= 0.3 is 5.97 Å². The highest BCUT2D eigenvalue weighted by Crippen LogP contribution is 2.31. The lowest BCUT2D eigenvalue weighted by Crippen LogP contribution is -2.41. The standard InChI is InChI=1S/C37H51N3O4S/c1-7-40(36(45)39-32-12-10-9-11-26(32)3)25-28-24-33(28)38-21-22-43-30-17-13-27(14-18-30)23-34(35(41)42-8-2)44-31-19-15-29(16-20-31)37(4,5)6/h9,11,13-20,28,33-34,38H,7-8,10,12,21-25H2,1-6H3,(H,39,45)/t28?,33-,34+/m1/s1. The van der Waals surface area contributed by atoms with Crippen LogP contribution in [0, 0.1) is 5.92 Å². The average Bonchev–Trinajstić information content (AvgIpc) is 3.77. The van der Waals surface area contributed by atoms with Crippen molar-refractivity contribution in [1.29, 1.82) is 0 Å². The van der Waals surface area contributed by atoms with Gasteiger partial charge in [0.1, 0.15) is 18.1 Å². The number of hydrogen-bond donors (Lipinski definition) is 2. The van der Waals surface area contributed by atoms with Crippen LogP contribution in [0.25, 0.3) is 0 Å². The molecule has 2 aliphatic carbocycles. The second-order valence-corrected chi connectivity index (χ2v) is 13.3. The largest absolute Gasteiger partial charge is 0.492 e. The van der Waals surface area contributed by atoms with Crippen molar-refractivity contribution in [3.8, 4) is 11.5 Å². The number of allylic oxidation sites excluding steroid dienone is 4. The number of benzene rings is 2. The molecule has 0 aliphatic heterocycles. The third kappa shape index (κ3) is 10.6. The Kier molecular flexibility index (Phi) is 12.5. The highest BCUT2D eigenvalue weighted by molar-refractivity contribution is 7.80. The van der Waals surface area contributed by atoms with Crippen LogP contribution in [-0.4, -0.2) is 61.0 Å². The Hall–Kier alpha value is -3.36. The zero-order valence-corrected chi connectivity index (χ0v) is 28.7. The first-order chi connectivity index (χ1) is 21.6. The molecule has 4 rings (SSSR count). The van der Waals surface area contributed by atoms with Gasteiger partial charge in [0.05, 0.1) is 6.61 Å². The quantitative estimate of drug-likeness (QED) is 0.127. The number of nitrogens with zero attached hydrogens (tertiary/aromatic N) is 1. The SMILES string of the molecule is CCOC(=O)[C@H](Cc1ccc(OCCN[C@@H]2CC2CN(CC)C(=S)NC2=C(C)C=CCC2)cc1)Oc1ccc(C(C)(C)C)cc1. The minimum Gasteiger partial charge on any atom is -0.492 e. The van der Waals surface area contributed by atoms with Crippen LogP contribution in [0.4, 0.5) is 0 Å². The summed E-state index contributed by atoms with van der Waals surface area (Å²) in [5.41, 5.74) is 4.75. The summed E-state index contributed by atoms with van der Waals surface area (Å²) in [6, 6.07) is 16.3. The summed E-state index contributed by atoms with van der Waals surface area (Å²) in [5, 5.41) is 7.95. The summed E-state index contributed by atoms with van der Waals surface area (Å²) in [6.45, 7) is 16.1. The number of carbonyl (C=O) groups excluding carboxylic acids is 1. The molecule has 0 amide bonds. The van der Waals surface area contributed by atoms with E-state index < -0.39 is 6.10 Å². The molecule has 0 spiro atoms. The van der Waals surface area contributed by atoms with Crippen LogP contribution in [-0.2, 0) is 21.4 Å². The first-order valence-electron chi connectivity index (χ1n) is 16.4. The van der Waals surface area contributed by atoms with E-state index in [2.05, 4.69) is 62.3 Å². The summed E-state index contributed by atoms with van der Waals surface area (Å²) in [4.78, 5) is 15.0. The molecule has 0 bridgehead atoms. The number of esters is 1. The van der Waals surface area contributed by atoms with Crippen LogP contribution in [0.1, 0.15) is 71.9 Å². The Morgan fingerprint density at radius 2 is 1.78 bits per heavy atom. The van der Waals surface area contributed by atoms with Crippen molar-refractivity contribution in [2.24, 2.45) is 5.92 Å². The van der Waals surface area contributed by atoms with Gasteiger partial charge in [-0.3, -0.25) is 0 Å². The minimum absolute atomic E-state index is 0.0478. The van der Waals surface area contributed by atoms with Crippen LogP contribution in [0.2, 0.25) is 0 Å². The molecule has 7 nitrogen and oxygen atoms in total. The molecule has 1 saturated carbocycles. The van der Waals surface area contributed by atoms with E-state index in [1.807, 2.05) is 48.5 Å². The van der Waals surface area contributed by atoms with Crippen LogP contribution in [0.15, 0.2) is 72.0 Å². The van der Waals surface area contributed by atoms with E-state index in [-0.39, 0.29) is 11.4 Å². The monoisotopic (exact) mass is 633 g/mol. The molecule has 2 N–H and O–H groups in total. The van der Waals surface area contributed by atoms with Crippen LogP contribution in [0.3, 0.4) is 0 Å². The van der Waals surface area contributed by atoms with E-state index >= 15 is 0 Å². The minimum atomic E-state index is -0.729. The maximum atomic E-state index is 12.7. The molecule has 244 valence electrons. The fourth-order valence-corrected chi connectivity index (χ4v) is 5.77. The van der Waals surface area contributed by atoms with Gasteiger partial charge in [0.15, 0.2) is 11.2 Å². The lowest BCUT2D eigenvalue weighted by molar-refractivity contribution is -0.151. The summed E-state index contributed by atoms with van der Waals surface area (Å²) in [5.74, 6) is 1.68. The third-order valence-corrected chi connectivity index (χ3v) is 8.74. The van der Waals surface area contributed by atoms with Crippen LogP contribution < -0.4 is 20.1 Å². The molecule has 45 heavy (non-hydrogen) atoms. The zero-order chi connectivity index (χ0) is 32.4. The smallest absolute Gasteiger partial charge is 0.347 e. The number of nitrogens with one attached hydrogen (secondary N) is 2. The van der Waals surface area contributed by atoms with E-state index in [1.165, 1.54) is 16.8 Å². The van der Waals surface area contributed by atoms with E-state index in [0.29, 0.717) is 37.3 Å². The second kappa shape index (κ2) is 16.3. The van der Waals surface area contributed by atoms with Crippen molar-refractivity contribution < 1.29 is 19.0 Å². The van der Waals surface area contributed by atoms with Crippen molar-refractivity contribution in [2.45, 2.75) is 84.8 Å². The topological polar surface area (TPSA) is 72.1 Å². The number of hydrogen-bond acceptors (Lipinski definition) is 6. The molecule has 0 aromatic heterocycles. The van der Waals surface area contributed by atoms with E-state index in [0.717, 1.165) is 55.3 Å². The van der Waals surface area contributed by atoms with Crippen LogP contribution in [0.5, 0.6) is 11.5 Å². The van der Waals surface area contributed by atoms with Gasteiger partial charge in [-0.15, -0.1) is 0 Å². The Labute approximate surface area is 275 Å². The van der Waals surface area contributed by atoms with Crippen molar-refractivity contribution in [1.82, 2.24) is 15.5 Å². The molecule has 2 aromatic rings. The Bertz CT molecular complexity index is 1330. The van der Waals surface area contributed by atoms with Gasteiger partial charge in [0.25, 0.3) is 0 Å². The third-order valence-electron chi connectivity index (χ3n) is 8.38. The number of carbonyl (C=O) groups is 1. The summed E-state index contributed by atoms with van der Waals surface area (Å²) in [7, 11) is 0. The Morgan fingerprint density at radius 3 is 2.42 bits per heavy atom. The van der Waals surface area contributed by atoms with Gasteiger partial charge < -0.3 is 29.7 Å². The molecule has 8 heteroatoms. The van der Waals surface area contributed by atoms with Crippen molar-refractivity contribution in [2.75, 3.05) is 32.8 Å². The highest BCUT2D eigenvalue weighted by atomic mass is 32.1. The average molecular weight is 634 g/mol. The lowest BCUT2D eigenvalue weighted by atomic mass is 9.87. The predicted octanol–water partition coefficient (Wildman–Crippen LogP) is 6.71. The first kappa shape index (κ1) is 34.5. The first-order valence-corrected chi connectivity index (χ1v) is 16.8. The van der Waals surface area contributed by atoms with Gasteiger partial charge in [-0.05, 0) is 105 Å². The zero-order valence-electron chi connectivity index (χ0n) is 27.9. The molecule has 3 atom stereocenters. The fraction of sp³-hybridized carbons (Fsp3) is 0.514. The molecule has 0 radical (unpaired) electrons. The maximum absolute atomic E-state index is 12.7. The van der Waals surface area contributed by atoms with E-state index in [1.54, 1.807) is 6.92 Å². The normalized spacial score (nSPS) is 18.3. The number of rotatable bonds is 15. The van der Waals surface area contributed by atoms with Gasteiger partial charge in [0.2, 0.25) is 0 Å². The molecule has 2 aromatic carbocycles. The molecule has 1 fully saturated rings. The van der Waals surface area contributed by atoms with Crippen molar-refractivity contribution >= 4 is 23.3 Å². The van der Waals surface area contributed by atoms with Gasteiger partial charge in [-0.25, -0.2) is 4.79 Å². The molecule has 0 heterocycles. The second-order valence-electron chi connectivity index (χ2n) is 13.0. The summed E-state index contributed by atoms with van der Waals surface area (Å²) < 4.78 is 17.4.